The van der Waals surface area contributed by atoms with E-state index in [2.05, 4.69) is 47.6 Å². The summed E-state index contributed by atoms with van der Waals surface area (Å²) in [5.74, 6) is 3.42. The molecule has 1 nitrogen and oxygen atoms in total. The van der Waals surface area contributed by atoms with Crippen LogP contribution in [0.5, 0.6) is 0 Å². The van der Waals surface area contributed by atoms with Crippen molar-refractivity contribution in [1.82, 2.24) is 0 Å². The number of rotatable bonds is 1. The maximum Gasteiger partial charge on any atom is 0.0619 e. The molecular weight excluding hydrogens is 340 g/mol. The minimum atomic E-state index is -0.0203. The Kier molecular flexibility index (Phi) is 6.47. The Morgan fingerprint density at radius 3 is 2.32 bits per heavy atom. The monoisotopic (exact) mass is 388 g/mol. The van der Waals surface area contributed by atoms with Crippen molar-refractivity contribution in [2.75, 3.05) is 0 Å². The molecule has 28 heavy (non-hydrogen) atoms. The largest absolute Gasteiger partial charge is 0.372 e. The van der Waals surface area contributed by atoms with Gasteiger partial charge in [-0.05, 0) is 107 Å². The Morgan fingerprint density at radius 2 is 1.68 bits per heavy atom. The number of ether oxygens (including phenoxy) is 1. The molecule has 0 aromatic rings. The molecule has 0 bridgehead atoms. The summed E-state index contributed by atoms with van der Waals surface area (Å²) >= 11 is 0. The van der Waals surface area contributed by atoms with E-state index in [0.29, 0.717) is 16.9 Å². The fraction of sp³-hybridized carbons (Fsp3) is 0.926. The Labute approximate surface area is 176 Å². The van der Waals surface area contributed by atoms with Gasteiger partial charge in [0.15, 0.2) is 0 Å². The van der Waals surface area contributed by atoms with Crippen molar-refractivity contribution in [3.8, 4) is 0 Å². The van der Waals surface area contributed by atoms with E-state index in [9.17, 15) is 0 Å². The quantitative estimate of drug-likeness (QED) is 0.411. The Balaban J connectivity index is 0.00000109. The summed E-state index contributed by atoms with van der Waals surface area (Å²) in [6.07, 6.45) is 15.7. The van der Waals surface area contributed by atoms with E-state index in [4.69, 9.17) is 4.74 Å². The second-order valence-corrected chi connectivity index (χ2v) is 11.6. The highest BCUT2D eigenvalue weighted by Crippen LogP contribution is 2.67. The zero-order valence-electron chi connectivity index (χ0n) is 20.2. The number of hydrogen-bond acceptors (Lipinski definition) is 1. The lowest BCUT2D eigenvalue weighted by atomic mass is 9.44. The van der Waals surface area contributed by atoms with Crippen LogP contribution in [0.15, 0.2) is 11.6 Å². The van der Waals surface area contributed by atoms with Gasteiger partial charge in [0.1, 0.15) is 0 Å². The van der Waals surface area contributed by atoms with Gasteiger partial charge in [0.2, 0.25) is 0 Å². The van der Waals surface area contributed by atoms with Gasteiger partial charge in [-0.15, -0.1) is 0 Å². The zero-order chi connectivity index (χ0) is 20.7. The number of hydrogen-bond donors (Lipinski definition) is 0. The van der Waals surface area contributed by atoms with Gasteiger partial charge < -0.3 is 4.74 Å². The molecular formula is C27H48O. The van der Waals surface area contributed by atoms with Crippen molar-refractivity contribution in [3.05, 3.63) is 11.6 Å². The normalized spacial score (nSPS) is 46.9. The Morgan fingerprint density at radius 1 is 0.964 bits per heavy atom. The first-order valence-corrected chi connectivity index (χ1v) is 12.5. The highest BCUT2D eigenvalue weighted by Gasteiger charge is 2.61. The minimum Gasteiger partial charge on any atom is -0.372 e. The first-order valence-electron chi connectivity index (χ1n) is 12.5. The molecule has 4 saturated carbocycles. The molecule has 0 N–H and O–H groups in total. The highest BCUT2D eigenvalue weighted by atomic mass is 16.5. The lowest BCUT2D eigenvalue weighted by molar-refractivity contribution is -0.199. The molecule has 0 radical (unpaired) electrons. The van der Waals surface area contributed by atoms with E-state index in [1.807, 2.05) is 13.8 Å². The van der Waals surface area contributed by atoms with Crippen LogP contribution in [0.4, 0.5) is 0 Å². The summed E-state index contributed by atoms with van der Waals surface area (Å²) in [6.45, 7) is 18.4. The third-order valence-electron chi connectivity index (χ3n) is 9.28. The SMILES string of the molecule is CC.CC=C1CCC2C3C(OC(C)(C)C)CC4CCCCC4(C)C3CCC12C. The summed E-state index contributed by atoms with van der Waals surface area (Å²) in [5, 5.41) is 0. The molecule has 0 heterocycles. The summed E-state index contributed by atoms with van der Waals surface area (Å²) in [4.78, 5) is 0. The second-order valence-electron chi connectivity index (χ2n) is 11.6. The lowest BCUT2D eigenvalue weighted by Gasteiger charge is -2.62. The van der Waals surface area contributed by atoms with Crippen LogP contribution in [0.25, 0.3) is 0 Å². The topological polar surface area (TPSA) is 9.23 Å². The van der Waals surface area contributed by atoms with Crippen LogP contribution >= 0.6 is 0 Å². The van der Waals surface area contributed by atoms with Crippen LogP contribution in [-0.2, 0) is 4.74 Å². The maximum atomic E-state index is 6.84. The first-order chi connectivity index (χ1) is 13.2. The van der Waals surface area contributed by atoms with Crippen molar-refractivity contribution < 1.29 is 4.74 Å². The number of fused-ring (bicyclic) bond motifs is 5. The highest BCUT2D eigenvalue weighted by molar-refractivity contribution is 5.24. The van der Waals surface area contributed by atoms with E-state index < -0.39 is 0 Å². The Hall–Kier alpha value is -0.300. The fourth-order valence-corrected chi connectivity index (χ4v) is 8.13. The predicted molar refractivity (Wildman–Crippen MR) is 121 cm³/mol. The van der Waals surface area contributed by atoms with E-state index in [-0.39, 0.29) is 5.60 Å². The van der Waals surface area contributed by atoms with Gasteiger partial charge in [-0.25, -0.2) is 0 Å². The molecule has 0 aliphatic heterocycles. The summed E-state index contributed by atoms with van der Waals surface area (Å²) in [7, 11) is 0. The van der Waals surface area contributed by atoms with Gasteiger partial charge in [0, 0.05) is 0 Å². The van der Waals surface area contributed by atoms with Gasteiger partial charge in [0.25, 0.3) is 0 Å². The van der Waals surface area contributed by atoms with Gasteiger partial charge in [-0.2, -0.15) is 0 Å². The first kappa shape index (κ1) is 22.4. The van der Waals surface area contributed by atoms with Crippen LogP contribution in [0.2, 0.25) is 0 Å². The lowest BCUT2D eigenvalue weighted by Crippen LogP contribution is -2.58. The van der Waals surface area contributed by atoms with E-state index in [1.165, 1.54) is 57.8 Å². The van der Waals surface area contributed by atoms with Crippen LogP contribution in [0.3, 0.4) is 0 Å². The standard InChI is InChI=1S/C25H42O.C2H6/c1-7-17-11-12-19-22-20(13-15-25(17,19)6)24(5)14-9-8-10-18(24)16-21(22)26-23(2,3)4;1-2/h7,18-22H,8-16H2,1-6H3;1-2H3. The van der Waals surface area contributed by atoms with Gasteiger partial charge in [-0.3, -0.25) is 0 Å². The van der Waals surface area contributed by atoms with Crippen LogP contribution < -0.4 is 0 Å². The van der Waals surface area contributed by atoms with Crippen molar-refractivity contribution in [3.63, 3.8) is 0 Å². The fourth-order valence-electron chi connectivity index (χ4n) is 8.13. The minimum absolute atomic E-state index is 0.0203. The van der Waals surface area contributed by atoms with Gasteiger partial charge in [0.05, 0.1) is 11.7 Å². The van der Waals surface area contributed by atoms with Crippen molar-refractivity contribution in [1.29, 1.82) is 0 Å². The van der Waals surface area contributed by atoms with Crippen LogP contribution in [-0.4, -0.2) is 11.7 Å². The van der Waals surface area contributed by atoms with E-state index >= 15 is 0 Å². The molecule has 0 aromatic carbocycles. The smallest absolute Gasteiger partial charge is 0.0619 e. The predicted octanol–water partition coefficient (Wildman–Crippen LogP) is 8.19. The summed E-state index contributed by atoms with van der Waals surface area (Å²) in [6, 6.07) is 0. The molecule has 162 valence electrons. The average Bonchev–Trinajstić information content (AvgIpc) is 2.99. The third-order valence-corrected chi connectivity index (χ3v) is 9.28. The van der Waals surface area contributed by atoms with Crippen LogP contribution in [0.1, 0.15) is 113 Å². The molecule has 0 amide bonds. The molecule has 4 aliphatic rings. The van der Waals surface area contributed by atoms with Crippen molar-refractivity contribution in [2.45, 2.75) is 125 Å². The van der Waals surface area contributed by atoms with Gasteiger partial charge in [-0.1, -0.05) is 52.2 Å². The van der Waals surface area contributed by atoms with E-state index in [0.717, 1.165) is 23.7 Å². The molecule has 4 rings (SSSR count). The molecule has 7 unspecified atom stereocenters. The molecule has 4 fully saturated rings. The molecule has 4 aliphatic carbocycles. The molecule has 0 spiro atoms. The molecule has 7 atom stereocenters. The third kappa shape index (κ3) is 3.63. The summed E-state index contributed by atoms with van der Waals surface area (Å²) in [5.41, 5.74) is 2.77. The average molecular weight is 389 g/mol. The van der Waals surface area contributed by atoms with Crippen molar-refractivity contribution in [2.24, 2.45) is 34.5 Å². The van der Waals surface area contributed by atoms with Crippen LogP contribution in [0, 0.1) is 34.5 Å². The molecule has 0 aromatic heterocycles. The van der Waals surface area contributed by atoms with E-state index in [1.54, 1.807) is 5.57 Å². The van der Waals surface area contributed by atoms with Gasteiger partial charge >= 0.3 is 0 Å². The molecule has 1 heteroatoms. The number of allylic oxidation sites excluding steroid dienone is 2. The maximum absolute atomic E-state index is 6.84. The Bertz CT molecular complexity index is 569. The zero-order valence-corrected chi connectivity index (χ0v) is 20.2. The second kappa shape index (κ2) is 8.09. The summed E-state index contributed by atoms with van der Waals surface area (Å²) < 4.78 is 6.84. The molecule has 0 saturated heterocycles. The van der Waals surface area contributed by atoms with Crippen molar-refractivity contribution >= 4 is 0 Å².